The molecule has 0 bridgehead atoms. The Morgan fingerprint density at radius 3 is 2.47 bits per heavy atom. The Hall–Kier alpha value is -0.570. The highest BCUT2D eigenvalue weighted by Crippen LogP contribution is 2.21. The SMILES string of the molecule is CCCCOC(=O)CN1CC(C)C(C)C1. The largest absolute Gasteiger partial charge is 0.465 e. The zero-order valence-corrected chi connectivity index (χ0v) is 10.2. The molecule has 2 unspecified atom stereocenters. The first-order valence-corrected chi connectivity index (χ1v) is 6.01. The normalized spacial score (nSPS) is 26.9. The Morgan fingerprint density at radius 1 is 1.33 bits per heavy atom. The van der Waals surface area contributed by atoms with Gasteiger partial charge < -0.3 is 4.74 Å². The molecule has 0 aromatic heterocycles. The Labute approximate surface area is 92.8 Å². The summed E-state index contributed by atoms with van der Waals surface area (Å²) in [6.45, 7) is 9.69. The third kappa shape index (κ3) is 4.20. The molecule has 0 spiro atoms. The van der Waals surface area contributed by atoms with Crippen molar-refractivity contribution < 1.29 is 9.53 Å². The van der Waals surface area contributed by atoms with Gasteiger partial charge in [0.05, 0.1) is 13.2 Å². The van der Waals surface area contributed by atoms with Gasteiger partial charge in [0.1, 0.15) is 0 Å². The van der Waals surface area contributed by atoms with Crippen molar-refractivity contribution in [3.05, 3.63) is 0 Å². The Balaban J connectivity index is 2.16. The fraction of sp³-hybridized carbons (Fsp3) is 0.917. The lowest BCUT2D eigenvalue weighted by Gasteiger charge is -2.14. The van der Waals surface area contributed by atoms with E-state index in [2.05, 4.69) is 25.7 Å². The van der Waals surface area contributed by atoms with Crippen molar-refractivity contribution in [2.24, 2.45) is 11.8 Å². The van der Waals surface area contributed by atoms with Crippen molar-refractivity contribution in [3.63, 3.8) is 0 Å². The first-order chi connectivity index (χ1) is 7.13. The number of hydrogen-bond acceptors (Lipinski definition) is 3. The third-order valence-corrected chi connectivity index (χ3v) is 3.18. The van der Waals surface area contributed by atoms with Gasteiger partial charge in [0.25, 0.3) is 0 Å². The maximum Gasteiger partial charge on any atom is 0.320 e. The van der Waals surface area contributed by atoms with Crippen LogP contribution in [0.2, 0.25) is 0 Å². The number of unbranched alkanes of at least 4 members (excludes halogenated alkanes) is 1. The van der Waals surface area contributed by atoms with Crippen LogP contribution in [0.15, 0.2) is 0 Å². The predicted octanol–water partition coefficient (Wildman–Crippen LogP) is 1.92. The van der Waals surface area contributed by atoms with Crippen LogP contribution in [0.3, 0.4) is 0 Å². The van der Waals surface area contributed by atoms with E-state index in [9.17, 15) is 4.79 Å². The molecule has 0 radical (unpaired) electrons. The van der Waals surface area contributed by atoms with E-state index in [1.165, 1.54) is 0 Å². The van der Waals surface area contributed by atoms with Crippen LogP contribution >= 0.6 is 0 Å². The lowest BCUT2D eigenvalue weighted by atomic mass is 10.0. The van der Waals surface area contributed by atoms with Crippen LogP contribution in [0.25, 0.3) is 0 Å². The molecule has 2 atom stereocenters. The maximum atomic E-state index is 11.4. The van der Waals surface area contributed by atoms with E-state index in [4.69, 9.17) is 4.74 Å². The summed E-state index contributed by atoms with van der Waals surface area (Å²) in [4.78, 5) is 13.6. The van der Waals surface area contributed by atoms with Crippen LogP contribution in [0.4, 0.5) is 0 Å². The minimum atomic E-state index is -0.0650. The predicted molar refractivity (Wildman–Crippen MR) is 60.6 cm³/mol. The minimum absolute atomic E-state index is 0.0650. The molecule has 1 heterocycles. The molecule has 3 nitrogen and oxygen atoms in total. The highest BCUT2D eigenvalue weighted by atomic mass is 16.5. The van der Waals surface area contributed by atoms with Gasteiger partial charge in [-0.1, -0.05) is 27.2 Å². The second-order valence-corrected chi connectivity index (χ2v) is 4.72. The summed E-state index contributed by atoms with van der Waals surface area (Å²) in [5, 5.41) is 0. The molecule has 1 aliphatic heterocycles. The van der Waals surface area contributed by atoms with Crippen molar-refractivity contribution in [1.82, 2.24) is 4.90 Å². The zero-order chi connectivity index (χ0) is 11.3. The Kier molecular flexibility index (Phi) is 5.09. The number of likely N-dealkylation sites (tertiary alicyclic amines) is 1. The van der Waals surface area contributed by atoms with Gasteiger partial charge in [0, 0.05) is 13.1 Å². The highest BCUT2D eigenvalue weighted by molar-refractivity contribution is 5.71. The van der Waals surface area contributed by atoms with E-state index in [1.807, 2.05) is 0 Å². The lowest BCUT2D eigenvalue weighted by molar-refractivity contribution is -0.144. The second kappa shape index (κ2) is 6.11. The first kappa shape index (κ1) is 12.5. The van der Waals surface area contributed by atoms with Crippen LogP contribution in [0.1, 0.15) is 33.6 Å². The molecule has 1 aliphatic rings. The fourth-order valence-electron chi connectivity index (χ4n) is 1.94. The van der Waals surface area contributed by atoms with Crippen LogP contribution in [-0.2, 0) is 9.53 Å². The highest BCUT2D eigenvalue weighted by Gasteiger charge is 2.27. The van der Waals surface area contributed by atoms with E-state index in [1.54, 1.807) is 0 Å². The average molecular weight is 213 g/mol. The van der Waals surface area contributed by atoms with Gasteiger partial charge in [-0.2, -0.15) is 0 Å². The van der Waals surface area contributed by atoms with E-state index in [0.29, 0.717) is 25.0 Å². The topological polar surface area (TPSA) is 29.5 Å². The van der Waals surface area contributed by atoms with Crippen molar-refractivity contribution in [1.29, 1.82) is 0 Å². The third-order valence-electron chi connectivity index (χ3n) is 3.18. The van der Waals surface area contributed by atoms with E-state index in [-0.39, 0.29) is 5.97 Å². The molecule has 0 aliphatic carbocycles. The Morgan fingerprint density at radius 2 is 1.93 bits per heavy atom. The summed E-state index contributed by atoms with van der Waals surface area (Å²) >= 11 is 0. The standard InChI is InChI=1S/C12H23NO2/c1-4-5-6-15-12(14)9-13-7-10(2)11(3)8-13/h10-11H,4-9H2,1-3H3. The van der Waals surface area contributed by atoms with Gasteiger partial charge in [-0.15, -0.1) is 0 Å². The van der Waals surface area contributed by atoms with Crippen molar-refractivity contribution in [2.45, 2.75) is 33.6 Å². The summed E-state index contributed by atoms with van der Waals surface area (Å²) in [6, 6.07) is 0. The van der Waals surface area contributed by atoms with Gasteiger partial charge in [-0.25, -0.2) is 0 Å². The van der Waals surface area contributed by atoms with E-state index in [0.717, 1.165) is 25.9 Å². The molecule has 0 amide bonds. The number of rotatable bonds is 5. The maximum absolute atomic E-state index is 11.4. The molecular weight excluding hydrogens is 190 g/mol. The number of ether oxygens (including phenoxy) is 1. The number of carbonyl (C=O) groups is 1. The molecule has 3 heteroatoms. The quantitative estimate of drug-likeness (QED) is 0.516. The van der Waals surface area contributed by atoms with Gasteiger partial charge >= 0.3 is 5.97 Å². The van der Waals surface area contributed by atoms with Crippen molar-refractivity contribution >= 4 is 5.97 Å². The molecule has 88 valence electrons. The Bertz CT molecular complexity index is 196. The molecule has 15 heavy (non-hydrogen) atoms. The summed E-state index contributed by atoms with van der Waals surface area (Å²) < 4.78 is 5.13. The summed E-state index contributed by atoms with van der Waals surface area (Å²) in [7, 11) is 0. The van der Waals surface area contributed by atoms with E-state index < -0.39 is 0 Å². The molecule has 0 N–H and O–H groups in total. The van der Waals surface area contributed by atoms with E-state index >= 15 is 0 Å². The van der Waals surface area contributed by atoms with Crippen LogP contribution in [-0.4, -0.2) is 37.1 Å². The molecule has 1 saturated heterocycles. The second-order valence-electron chi connectivity index (χ2n) is 4.72. The summed E-state index contributed by atoms with van der Waals surface area (Å²) in [5.41, 5.74) is 0. The molecular formula is C12H23NO2. The van der Waals surface area contributed by atoms with Crippen molar-refractivity contribution in [2.75, 3.05) is 26.2 Å². The van der Waals surface area contributed by atoms with Gasteiger partial charge in [-0.3, -0.25) is 9.69 Å². The number of nitrogens with zero attached hydrogens (tertiary/aromatic N) is 1. The van der Waals surface area contributed by atoms with Gasteiger partial charge in [-0.05, 0) is 18.3 Å². The molecule has 0 aromatic carbocycles. The molecule has 0 aromatic rings. The molecule has 0 saturated carbocycles. The van der Waals surface area contributed by atoms with Crippen LogP contribution in [0.5, 0.6) is 0 Å². The smallest absolute Gasteiger partial charge is 0.320 e. The van der Waals surface area contributed by atoms with Crippen LogP contribution < -0.4 is 0 Å². The first-order valence-electron chi connectivity index (χ1n) is 6.01. The van der Waals surface area contributed by atoms with Gasteiger partial charge in [0.15, 0.2) is 0 Å². The summed E-state index contributed by atoms with van der Waals surface area (Å²) in [6.07, 6.45) is 2.05. The molecule has 1 rings (SSSR count). The lowest BCUT2D eigenvalue weighted by Crippen LogP contribution is -2.29. The number of carbonyl (C=O) groups excluding carboxylic acids is 1. The monoisotopic (exact) mass is 213 g/mol. The molecule has 1 fully saturated rings. The number of hydrogen-bond donors (Lipinski definition) is 0. The van der Waals surface area contributed by atoms with Gasteiger partial charge in [0.2, 0.25) is 0 Å². The summed E-state index contributed by atoms with van der Waals surface area (Å²) in [5.74, 6) is 1.34. The van der Waals surface area contributed by atoms with Crippen molar-refractivity contribution in [3.8, 4) is 0 Å². The minimum Gasteiger partial charge on any atom is -0.465 e. The zero-order valence-electron chi connectivity index (χ0n) is 10.2. The average Bonchev–Trinajstić information content (AvgIpc) is 2.46. The van der Waals surface area contributed by atoms with Crippen LogP contribution in [0, 0.1) is 11.8 Å². The fourth-order valence-corrected chi connectivity index (χ4v) is 1.94. The number of esters is 1.